The lowest BCUT2D eigenvalue weighted by Gasteiger charge is -2.16. The number of hydrogen-bond donors (Lipinski definition) is 1. The maximum atomic E-state index is 12.9. The van der Waals surface area contributed by atoms with Crippen LogP contribution in [0.15, 0.2) is 59.5 Å². The predicted molar refractivity (Wildman–Crippen MR) is 115 cm³/mol. The molecule has 1 atom stereocenters. The summed E-state index contributed by atoms with van der Waals surface area (Å²) in [6.07, 6.45) is 1.70. The standard InChI is InChI=1S/C23H26N2O4/c1-5-28-19-8-6-18(7-9-19)24-22(26)16(4)25-13-12-17-14-20(29-15(2)3)10-11-21(17)23(25)27/h6-16H,5H2,1-4H3,(H,24,26). The van der Waals surface area contributed by atoms with Crippen LogP contribution in [-0.2, 0) is 4.79 Å². The van der Waals surface area contributed by atoms with Crippen molar-refractivity contribution in [3.63, 3.8) is 0 Å². The topological polar surface area (TPSA) is 69.6 Å². The van der Waals surface area contributed by atoms with Crippen molar-refractivity contribution in [1.29, 1.82) is 0 Å². The van der Waals surface area contributed by atoms with Gasteiger partial charge in [0.25, 0.3) is 5.56 Å². The highest BCUT2D eigenvalue weighted by Gasteiger charge is 2.17. The first-order valence-electron chi connectivity index (χ1n) is 9.74. The SMILES string of the molecule is CCOc1ccc(NC(=O)C(C)n2ccc3cc(OC(C)C)ccc3c2=O)cc1. The molecule has 0 spiro atoms. The molecule has 3 aromatic rings. The number of amides is 1. The number of ether oxygens (including phenoxy) is 2. The summed E-state index contributed by atoms with van der Waals surface area (Å²) in [7, 11) is 0. The van der Waals surface area contributed by atoms with Crippen molar-refractivity contribution in [2.75, 3.05) is 11.9 Å². The predicted octanol–water partition coefficient (Wildman–Crippen LogP) is 4.39. The van der Waals surface area contributed by atoms with Gasteiger partial charge in [0.2, 0.25) is 5.91 Å². The molecule has 0 saturated carbocycles. The van der Waals surface area contributed by atoms with Crippen LogP contribution in [-0.4, -0.2) is 23.2 Å². The van der Waals surface area contributed by atoms with Gasteiger partial charge in [-0.15, -0.1) is 0 Å². The van der Waals surface area contributed by atoms with E-state index < -0.39 is 6.04 Å². The second-order valence-corrected chi connectivity index (χ2v) is 7.07. The molecule has 1 N–H and O–H groups in total. The lowest BCUT2D eigenvalue weighted by Crippen LogP contribution is -2.31. The molecule has 1 aromatic heterocycles. The zero-order valence-electron chi connectivity index (χ0n) is 17.1. The zero-order chi connectivity index (χ0) is 21.0. The number of fused-ring (bicyclic) bond motifs is 1. The molecular formula is C23H26N2O4. The minimum absolute atomic E-state index is 0.0548. The summed E-state index contributed by atoms with van der Waals surface area (Å²) < 4.78 is 12.5. The Balaban J connectivity index is 1.80. The normalized spacial score (nSPS) is 12.0. The minimum Gasteiger partial charge on any atom is -0.494 e. The van der Waals surface area contributed by atoms with E-state index in [1.807, 2.05) is 32.9 Å². The van der Waals surface area contributed by atoms with E-state index in [-0.39, 0.29) is 17.6 Å². The maximum Gasteiger partial charge on any atom is 0.259 e. The van der Waals surface area contributed by atoms with Gasteiger partial charge in [0.15, 0.2) is 0 Å². The van der Waals surface area contributed by atoms with Crippen molar-refractivity contribution >= 4 is 22.4 Å². The quantitative estimate of drug-likeness (QED) is 0.645. The Morgan fingerprint density at radius 1 is 1.03 bits per heavy atom. The van der Waals surface area contributed by atoms with E-state index >= 15 is 0 Å². The molecule has 1 heterocycles. The Labute approximate surface area is 170 Å². The molecular weight excluding hydrogens is 368 g/mol. The molecule has 2 aromatic carbocycles. The van der Waals surface area contributed by atoms with Gasteiger partial charge in [-0.1, -0.05) is 0 Å². The Bertz CT molecular complexity index is 1050. The number of anilines is 1. The maximum absolute atomic E-state index is 12.9. The number of carbonyl (C=O) groups excluding carboxylic acids is 1. The fourth-order valence-electron chi connectivity index (χ4n) is 3.07. The number of pyridine rings is 1. The van der Waals surface area contributed by atoms with Crippen molar-refractivity contribution in [3.8, 4) is 11.5 Å². The zero-order valence-corrected chi connectivity index (χ0v) is 17.1. The molecule has 3 rings (SSSR count). The van der Waals surface area contributed by atoms with Gasteiger partial charge in [0, 0.05) is 17.3 Å². The Kier molecular flexibility index (Phi) is 6.22. The third-order valence-electron chi connectivity index (χ3n) is 4.50. The largest absolute Gasteiger partial charge is 0.494 e. The van der Waals surface area contributed by atoms with E-state index in [2.05, 4.69) is 5.32 Å². The van der Waals surface area contributed by atoms with Crippen LogP contribution < -0.4 is 20.3 Å². The second kappa shape index (κ2) is 8.82. The monoisotopic (exact) mass is 394 g/mol. The van der Waals surface area contributed by atoms with Gasteiger partial charge in [-0.3, -0.25) is 9.59 Å². The van der Waals surface area contributed by atoms with Crippen molar-refractivity contribution in [3.05, 3.63) is 65.1 Å². The van der Waals surface area contributed by atoms with Crippen LogP contribution in [0.25, 0.3) is 10.8 Å². The van der Waals surface area contributed by atoms with E-state index in [9.17, 15) is 9.59 Å². The number of carbonyl (C=O) groups is 1. The number of aromatic nitrogens is 1. The first kappa shape index (κ1) is 20.5. The molecule has 1 amide bonds. The molecule has 152 valence electrons. The van der Waals surface area contributed by atoms with Crippen molar-refractivity contribution in [2.24, 2.45) is 0 Å². The van der Waals surface area contributed by atoms with Gasteiger partial charge in [-0.25, -0.2) is 0 Å². The number of nitrogens with zero attached hydrogens (tertiary/aromatic N) is 1. The lowest BCUT2D eigenvalue weighted by molar-refractivity contribution is -0.118. The van der Waals surface area contributed by atoms with Crippen LogP contribution in [0.2, 0.25) is 0 Å². The number of benzene rings is 2. The molecule has 29 heavy (non-hydrogen) atoms. The first-order valence-corrected chi connectivity index (χ1v) is 9.74. The summed E-state index contributed by atoms with van der Waals surface area (Å²) in [6, 6.07) is 13.7. The molecule has 0 aliphatic carbocycles. The van der Waals surface area contributed by atoms with Gasteiger partial charge in [0.1, 0.15) is 17.5 Å². The van der Waals surface area contributed by atoms with Crippen LogP contribution in [0.3, 0.4) is 0 Å². The van der Waals surface area contributed by atoms with E-state index in [1.165, 1.54) is 4.57 Å². The molecule has 0 aliphatic heterocycles. The van der Waals surface area contributed by atoms with Crippen LogP contribution >= 0.6 is 0 Å². The highest BCUT2D eigenvalue weighted by molar-refractivity contribution is 5.94. The first-order chi connectivity index (χ1) is 13.9. The van der Waals surface area contributed by atoms with Gasteiger partial charge in [-0.05, 0) is 81.6 Å². The van der Waals surface area contributed by atoms with E-state index in [4.69, 9.17) is 9.47 Å². The van der Waals surface area contributed by atoms with E-state index in [0.29, 0.717) is 23.4 Å². The highest BCUT2D eigenvalue weighted by atomic mass is 16.5. The third kappa shape index (κ3) is 4.77. The van der Waals surface area contributed by atoms with Crippen molar-refractivity contribution in [1.82, 2.24) is 4.57 Å². The lowest BCUT2D eigenvalue weighted by atomic mass is 10.1. The second-order valence-electron chi connectivity index (χ2n) is 7.07. The molecule has 0 radical (unpaired) electrons. The van der Waals surface area contributed by atoms with Gasteiger partial charge >= 0.3 is 0 Å². The van der Waals surface area contributed by atoms with Crippen molar-refractivity contribution in [2.45, 2.75) is 39.8 Å². The number of rotatable bonds is 7. The summed E-state index contributed by atoms with van der Waals surface area (Å²) in [5.41, 5.74) is 0.433. The average molecular weight is 394 g/mol. The van der Waals surface area contributed by atoms with Gasteiger partial charge in [-0.2, -0.15) is 0 Å². The number of hydrogen-bond acceptors (Lipinski definition) is 4. The van der Waals surface area contributed by atoms with Crippen LogP contribution in [0.5, 0.6) is 11.5 Å². The smallest absolute Gasteiger partial charge is 0.259 e. The summed E-state index contributed by atoms with van der Waals surface area (Å²) in [6.45, 7) is 8.10. The van der Waals surface area contributed by atoms with Crippen molar-refractivity contribution < 1.29 is 14.3 Å². The molecule has 0 bridgehead atoms. The third-order valence-corrected chi connectivity index (χ3v) is 4.50. The van der Waals surface area contributed by atoms with Crippen LogP contribution in [0.4, 0.5) is 5.69 Å². The molecule has 0 fully saturated rings. The molecule has 1 unspecified atom stereocenters. The summed E-state index contributed by atoms with van der Waals surface area (Å²) in [5.74, 6) is 1.19. The molecule has 6 nitrogen and oxygen atoms in total. The van der Waals surface area contributed by atoms with Crippen LogP contribution in [0, 0.1) is 0 Å². The Morgan fingerprint density at radius 2 is 1.72 bits per heavy atom. The minimum atomic E-state index is -0.662. The summed E-state index contributed by atoms with van der Waals surface area (Å²) >= 11 is 0. The molecule has 6 heteroatoms. The fraction of sp³-hybridized carbons (Fsp3) is 0.304. The summed E-state index contributed by atoms with van der Waals surface area (Å²) in [4.78, 5) is 25.6. The van der Waals surface area contributed by atoms with E-state index in [0.717, 1.165) is 11.1 Å². The Morgan fingerprint density at radius 3 is 2.38 bits per heavy atom. The average Bonchev–Trinajstić information content (AvgIpc) is 2.69. The molecule has 0 aliphatic rings. The fourth-order valence-corrected chi connectivity index (χ4v) is 3.07. The van der Waals surface area contributed by atoms with Gasteiger partial charge in [0.05, 0.1) is 12.7 Å². The van der Waals surface area contributed by atoms with E-state index in [1.54, 1.807) is 49.5 Å². The van der Waals surface area contributed by atoms with Gasteiger partial charge < -0.3 is 19.4 Å². The van der Waals surface area contributed by atoms with Crippen LogP contribution in [0.1, 0.15) is 33.7 Å². The Hall–Kier alpha value is -3.28. The highest BCUT2D eigenvalue weighted by Crippen LogP contribution is 2.21. The summed E-state index contributed by atoms with van der Waals surface area (Å²) in [5, 5.41) is 4.17. The number of nitrogens with one attached hydrogen (secondary N) is 1. The molecule has 0 saturated heterocycles.